The summed E-state index contributed by atoms with van der Waals surface area (Å²) in [6.07, 6.45) is 0. The summed E-state index contributed by atoms with van der Waals surface area (Å²) in [6.45, 7) is 2.73. The van der Waals surface area contributed by atoms with Crippen LogP contribution in [0.5, 0.6) is 5.75 Å². The highest BCUT2D eigenvalue weighted by molar-refractivity contribution is 7.99. The number of thioether (sulfide) groups is 1. The first-order valence-electron chi connectivity index (χ1n) is 8.22. The second-order valence-electron chi connectivity index (χ2n) is 6.42. The molecular formula is C17H21N3O3S. The molecule has 7 heteroatoms. The molecule has 0 unspecified atom stereocenters. The molecule has 2 amide bonds. The van der Waals surface area contributed by atoms with Crippen molar-refractivity contribution in [2.75, 3.05) is 38.4 Å². The molecule has 0 radical (unpaired) electrons. The monoisotopic (exact) mass is 347 g/mol. The van der Waals surface area contributed by atoms with Crippen molar-refractivity contribution in [3.05, 3.63) is 29.8 Å². The first kappa shape index (κ1) is 15.8. The van der Waals surface area contributed by atoms with E-state index in [-0.39, 0.29) is 23.9 Å². The summed E-state index contributed by atoms with van der Waals surface area (Å²) < 4.78 is 5.42. The number of nitrogens with zero attached hydrogens (tertiary/aromatic N) is 3. The van der Waals surface area contributed by atoms with E-state index in [0.717, 1.165) is 30.2 Å². The van der Waals surface area contributed by atoms with E-state index in [9.17, 15) is 9.59 Å². The van der Waals surface area contributed by atoms with Crippen LogP contribution in [0.3, 0.4) is 0 Å². The van der Waals surface area contributed by atoms with E-state index in [1.165, 1.54) is 0 Å². The molecule has 3 saturated heterocycles. The molecule has 24 heavy (non-hydrogen) atoms. The van der Waals surface area contributed by atoms with Crippen LogP contribution >= 0.6 is 11.8 Å². The van der Waals surface area contributed by atoms with Crippen molar-refractivity contribution >= 4 is 23.6 Å². The van der Waals surface area contributed by atoms with E-state index >= 15 is 0 Å². The SMILES string of the molecule is COc1ccccc1CN1CCN2C(=O)[C@@H]3CSCN3C(=O)[C@H]2C1. The fraction of sp³-hybridized carbons (Fsp3) is 0.529. The van der Waals surface area contributed by atoms with E-state index in [1.807, 2.05) is 24.3 Å². The van der Waals surface area contributed by atoms with Gasteiger partial charge in [-0.25, -0.2) is 0 Å². The van der Waals surface area contributed by atoms with Gasteiger partial charge in [0, 0.05) is 37.5 Å². The Balaban J connectivity index is 1.50. The van der Waals surface area contributed by atoms with Crippen LogP contribution in [-0.4, -0.2) is 77.0 Å². The van der Waals surface area contributed by atoms with Gasteiger partial charge in [-0.05, 0) is 6.07 Å². The van der Waals surface area contributed by atoms with Gasteiger partial charge in [-0.3, -0.25) is 14.5 Å². The summed E-state index contributed by atoms with van der Waals surface area (Å²) in [5.41, 5.74) is 1.11. The zero-order valence-electron chi connectivity index (χ0n) is 13.7. The molecule has 1 aromatic rings. The minimum Gasteiger partial charge on any atom is -0.496 e. The van der Waals surface area contributed by atoms with Crippen LogP contribution < -0.4 is 4.74 Å². The normalized spacial score (nSPS) is 27.2. The Kier molecular flexibility index (Phi) is 4.14. The maximum Gasteiger partial charge on any atom is 0.248 e. The lowest BCUT2D eigenvalue weighted by molar-refractivity contribution is -0.162. The van der Waals surface area contributed by atoms with Gasteiger partial charge in [-0.2, -0.15) is 0 Å². The molecule has 3 heterocycles. The average Bonchev–Trinajstić information content (AvgIpc) is 3.10. The van der Waals surface area contributed by atoms with Crippen LogP contribution in [0.4, 0.5) is 0 Å². The molecule has 0 aliphatic carbocycles. The molecule has 3 fully saturated rings. The van der Waals surface area contributed by atoms with Crippen LogP contribution in [0, 0.1) is 0 Å². The molecule has 6 nitrogen and oxygen atoms in total. The number of carbonyl (C=O) groups excluding carboxylic acids is 2. The van der Waals surface area contributed by atoms with Crippen molar-refractivity contribution in [3.63, 3.8) is 0 Å². The molecule has 0 spiro atoms. The molecule has 0 N–H and O–H groups in total. The van der Waals surface area contributed by atoms with E-state index in [1.54, 1.807) is 28.7 Å². The van der Waals surface area contributed by atoms with Gasteiger partial charge < -0.3 is 14.5 Å². The highest BCUT2D eigenvalue weighted by atomic mass is 32.2. The number of rotatable bonds is 3. The summed E-state index contributed by atoms with van der Waals surface area (Å²) in [4.78, 5) is 31.2. The third-order valence-electron chi connectivity index (χ3n) is 5.07. The molecule has 2 atom stereocenters. The summed E-state index contributed by atoms with van der Waals surface area (Å²) in [5.74, 6) is 2.48. The number of methoxy groups -OCH3 is 1. The topological polar surface area (TPSA) is 53.1 Å². The van der Waals surface area contributed by atoms with Crippen molar-refractivity contribution < 1.29 is 14.3 Å². The molecular weight excluding hydrogens is 326 g/mol. The van der Waals surface area contributed by atoms with Crippen molar-refractivity contribution in [2.45, 2.75) is 18.6 Å². The minimum absolute atomic E-state index is 0.106. The lowest BCUT2D eigenvalue weighted by Gasteiger charge is -2.47. The van der Waals surface area contributed by atoms with Crippen LogP contribution in [0.25, 0.3) is 0 Å². The number of fused-ring (bicyclic) bond motifs is 2. The number of para-hydroxylation sites is 1. The minimum atomic E-state index is -0.337. The van der Waals surface area contributed by atoms with Crippen molar-refractivity contribution in [1.29, 1.82) is 0 Å². The number of carbonyl (C=O) groups is 2. The number of hydrogen-bond acceptors (Lipinski definition) is 5. The molecule has 4 rings (SSSR count). The van der Waals surface area contributed by atoms with Gasteiger partial charge in [0.25, 0.3) is 0 Å². The lowest BCUT2D eigenvalue weighted by Crippen LogP contribution is -2.69. The van der Waals surface area contributed by atoms with Gasteiger partial charge in [0.2, 0.25) is 11.8 Å². The molecule has 128 valence electrons. The predicted octanol–water partition coefficient (Wildman–Crippen LogP) is 0.623. The van der Waals surface area contributed by atoms with Gasteiger partial charge in [0.05, 0.1) is 13.0 Å². The third kappa shape index (κ3) is 2.56. The lowest BCUT2D eigenvalue weighted by atomic mass is 10.0. The standard InChI is InChI=1S/C17H21N3O3S/c1-23-15-5-3-2-4-12(15)8-18-6-7-19-13(9-18)16(21)20-11-24-10-14(20)17(19)22/h2-5,13-14H,6-11H2,1H3/t13-,14+/m1/s1. The summed E-state index contributed by atoms with van der Waals surface area (Å²) in [7, 11) is 1.67. The fourth-order valence-electron chi connectivity index (χ4n) is 3.78. The van der Waals surface area contributed by atoms with Gasteiger partial charge >= 0.3 is 0 Å². The Bertz CT molecular complexity index is 668. The Morgan fingerprint density at radius 1 is 1.12 bits per heavy atom. The van der Waals surface area contributed by atoms with Crippen LogP contribution in [0.15, 0.2) is 24.3 Å². The predicted molar refractivity (Wildman–Crippen MR) is 91.7 cm³/mol. The van der Waals surface area contributed by atoms with Crippen LogP contribution in [-0.2, 0) is 16.1 Å². The Labute approximate surface area is 145 Å². The molecule has 3 aliphatic rings. The highest BCUT2D eigenvalue weighted by Crippen LogP contribution is 2.31. The molecule has 0 aromatic heterocycles. The van der Waals surface area contributed by atoms with Crippen LogP contribution in [0.1, 0.15) is 5.56 Å². The molecule has 0 saturated carbocycles. The fourth-order valence-corrected chi connectivity index (χ4v) is 4.94. The zero-order valence-corrected chi connectivity index (χ0v) is 14.5. The van der Waals surface area contributed by atoms with Crippen LogP contribution in [0.2, 0.25) is 0 Å². The van der Waals surface area contributed by atoms with Gasteiger partial charge in [-0.1, -0.05) is 18.2 Å². The number of ether oxygens (including phenoxy) is 1. The van der Waals surface area contributed by atoms with Crippen molar-refractivity contribution in [2.24, 2.45) is 0 Å². The summed E-state index contributed by atoms with van der Waals surface area (Å²) in [5, 5.41) is 0. The van der Waals surface area contributed by atoms with Crippen molar-refractivity contribution in [1.82, 2.24) is 14.7 Å². The van der Waals surface area contributed by atoms with E-state index < -0.39 is 0 Å². The maximum atomic E-state index is 12.8. The van der Waals surface area contributed by atoms with E-state index in [0.29, 0.717) is 19.0 Å². The zero-order chi connectivity index (χ0) is 16.7. The van der Waals surface area contributed by atoms with Gasteiger partial charge in [0.15, 0.2) is 0 Å². The second kappa shape index (κ2) is 6.29. The molecule has 3 aliphatic heterocycles. The first-order valence-corrected chi connectivity index (χ1v) is 9.37. The quantitative estimate of drug-likeness (QED) is 0.803. The number of amides is 2. The highest BCUT2D eigenvalue weighted by Gasteiger charge is 2.49. The maximum absolute atomic E-state index is 12.8. The number of hydrogen-bond donors (Lipinski definition) is 0. The van der Waals surface area contributed by atoms with E-state index in [4.69, 9.17) is 4.74 Å². The molecule has 1 aromatic carbocycles. The van der Waals surface area contributed by atoms with Crippen molar-refractivity contribution in [3.8, 4) is 5.75 Å². The largest absolute Gasteiger partial charge is 0.496 e. The Hall–Kier alpha value is -1.73. The number of benzene rings is 1. The smallest absolute Gasteiger partial charge is 0.248 e. The first-order chi connectivity index (χ1) is 11.7. The second-order valence-corrected chi connectivity index (χ2v) is 7.42. The van der Waals surface area contributed by atoms with E-state index in [2.05, 4.69) is 4.90 Å². The average molecular weight is 347 g/mol. The molecule has 0 bridgehead atoms. The Morgan fingerprint density at radius 3 is 2.75 bits per heavy atom. The Morgan fingerprint density at radius 2 is 1.92 bits per heavy atom. The number of piperazine rings is 2. The third-order valence-corrected chi connectivity index (χ3v) is 6.08. The summed E-state index contributed by atoms with van der Waals surface area (Å²) >= 11 is 1.67. The van der Waals surface area contributed by atoms with Gasteiger partial charge in [0.1, 0.15) is 17.8 Å². The summed E-state index contributed by atoms with van der Waals surface area (Å²) in [6, 6.07) is 7.37. The van der Waals surface area contributed by atoms with Gasteiger partial charge in [-0.15, -0.1) is 11.8 Å².